The first-order valence-corrected chi connectivity index (χ1v) is 6.63. The molecule has 0 amide bonds. The van der Waals surface area contributed by atoms with Crippen LogP contribution in [0.5, 0.6) is 11.5 Å². The van der Waals surface area contributed by atoms with Gasteiger partial charge in [0.05, 0.1) is 11.9 Å². The number of pyridine rings is 1. The first kappa shape index (κ1) is 13.6. The van der Waals surface area contributed by atoms with Crippen LogP contribution >= 0.6 is 0 Å². The number of ether oxygens (including phenoxy) is 1. The van der Waals surface area contributed by atoms with Crippen LogP contribution in [0.3, 0.4) is 0 Å². The molecule has 3 nitrogen and oxygen atoms in total. The highest BCUT2D eigenvalue weighted by Crippen LogP contribution is 2.25. The van der Waals surface area contributed by atoms with Crippen molar-refractivity contribution in [1.29, 1.82) is 0 Å². The number of aromatic nitrogens is 1. The number of rotatable bonds is 5. The van der Waals surface area contributed by atoms with Crippen LogP contribution in [0.2, 0.25) is 0 Å². The van der Waals surface area contributed by atoms with Gasteiger partial charge in [0, 0.05) is 6.04 Å². The summed E-state index contributed by atoms with van der Waals surface area (Å²) in [4.78, 5) is 4.41. The first-order valence-electron chi connectivity index (χ1n) is 6.63. The van der Waals surface area contributed by atoms with Gasteiger partial charge in [-0.3, -0.25) is 4.98 Å². The lowest BCUT2D eigenvalue weighted by Crippen LogP contribution is -2.13. The van der Waals surface area contributed by atoms with E-state index in [0.29, 0.717) is 0 Å². The molecule has 1 aromatic carbocycles. The molecule has 0 saturated heterocycles. The quantitative estimate of drug-likeness (QED) is 0.885. The van der Waals surface area contributed by atoms with Gasteiger partial charge in [-0.25, -0.2) is 0 Å². The molecule has 1 atom stereocenters. The van der Waals surface area contributed by atoms with Crippen molar-refractivity contribution in [2.45, 2.75) is 26.3 Å². The van der Waals surface area contributed by atoms with E-state index < -0.39 is 0 Å². The molecule has 0 aliphatic rings. The van der Waals surface area contributed by atoms with E-state index in [1.165, 1.54) is 5.56 Å². The normalized spacial score (nSPS) is 12.2. The minimum absolute atomic E-state index is 0.247. The Morgan fingerprint density at radius 1 is 1.21 bits per heavy atom. The topological polar surface area (TPSA) is 34.1 Å². The summed E-state index contributed by atoms with van der Waals surface area (Å²) in [7, 11) is 1.92. The summed E-state index contributed by atoms with van der Waals surface area (Å²) in [5.41, 5.74) is 2.22. The Labute approximate surface area is 114 Å². The maximum Gasteiger partial charge on any atom is 0.145 e. The van der Waals surface area contributed by atoms with Crippen molar-refractivity contribution in [2.75, 3.05) is 7.05 Å². The van der Waals surface area contributed by atoms with Gasteiger partial charge in [-0.15, -0.1) is 0 Å². The van der Waals surface area contributed by atoms with Gasteiger partial charge in [-0.05, 0) is 44.2 Å². The third-order valence-electron chi connectivity index (χ3n) is 3.22. The minimum Gasteiger partial charge on any atom is -0.455 e. The van der Waals surface area contributed by atoms with E-state index in [0.717, 1.165) is 23.6 Å². The lowest BCUT2D eigenvalue weighted by atomic mass is 10.1. The monoisotopic (exact) mass is 256 g/mol. The molecule has 19 heavy (non-hydrogen) atoms. The second kappa shape index (κ2) is 6.34. The summed E-state index contributed by atoms with van der Waals surface area (Å²) in [6.07, 6.45) is 2.73. The molecule has 0 aliphatic heterocycles. The number of hydrogen-bond donors (Lipinski definition) is 1. The molecule has 0 aliphatic carbocycles. The van der Waals surface area contributed by atoms with Crippen molar-refractivity contribution in [3.63, 3.8) is 0 Å². The van der Waals surface area contributed by atoms with E-state index in [2.05, 4.69) is 30.2 Å². The highest BCUT2D eigenvalue weighted by molar-refractivity contribution is 5.37. The summed E-state index contributed by atoms with van der Waals surface area (Å²) >= 11 is 0. The average molecular weight is 256 g/mol. The summed E-state index contributed by atoms with van der Waals surface area (Å²) in [6, 6.07) is 12.3. The van der Waals surface area contributed by atoms with E-state index in [9.17, 15) is 0 Å². The highest BCUT2D eigenvalue weighted by Gasteiger charge is 2.06. The third kappa shape index (κ3) is 3.32. The Morgan fingerprint density at radius 2 is 2.00 bits per heavy atom. The van der Waals surface area contributed by atoms with Gasteiger partial charge >= 0.3 is 0 Å². The smallest absolute Gasteiger partial charge is 0.145 e. The van der Waals surface area contributed by atoms with Gasteiger partial charge < -0.3 is 10.1 Å². The Kier molecular flexibility index (Phi) is 4.53. The number of hydrogen-bond acceptors (Lipinski definition) is 3. The van der Waals surface area contributed by atoms with Gasteiger partial charge in [0.15, 0.2) is 0 Å². The molecule has 3 heteroatoms. The van der Waals surface area contributed by atoms with Crippen LogP contribution in [0.1, 0.15) is 31.1 Å². The number of aryl methyl sites for hydroxylation is 1. The van der Waals surface area contributed by atoms with Gasteiger partial charge in [0.25, 0.3) is 0 Å². The molecular formula is C16H20N2O. The standard InChI is InChI=1S/C16H20N2O/c1-4-13-7-5-6-8-16(13)19-14-9-10-15(18-11-14)12(2)17-3/h5-12,17H,4H2,1-3H3. The highest BCUT2D eigenvalue weighted by atomic mass is 16.5. The fourth-order valence-corrected chi connectivity index (χ4v) is 1.88. The van der Waals surface area contributed by atoms with Crippen LogP contribution < -0.4 is 10.1 Å². The second-order valence-corrected chi connectivity index (χ2v) is 4.49. The van der Waals surface area contributed by atoms with Crippen molar-refractivity contribution in [1.82, 2.24) is 10.3 Å². The third-order valence-corrected chi connectivity index (χ3v) is 3.22. The van der Waals surface area contributed by atoms with Crippen LogP contribution in [0.15, 0.2) is 42.6 Å². The Balaban J connectivity index is 2.15. The van der Waals surface area contributed by atoms with E-state index in [4.69, 9.17) is 4.74 Å². The van der Waals surface area contributed by atoms with Crippen LogP contribution in [0.25, 0.3) is 0 Å². The molecule has 2 aromatic rings. The molecule has 0 fully saturated rings. The van der Waals surface area contributed by atoms with Crippen molar-refractivity contribution >= 4 is 0 Å². The van der Waals surface area contributed by atoms with Crippen LogP contribution in [0, 0.1) is 0 Å². The average Bonchev–Trinajstić information content (AvgIpc) is 2.48. The molecule has 0 spiro atoms. The molecule has 0 bridgehead atoms. The van der Waals surface area contributed by atoms with Crippen LogP contribution in [0.4, 0.5) is 0 Å². The summed E-state index contributed by atoms with van der Waals surface area (Å²) in [6.45, 7) is 4.20. The first-order chi connectivity index (χ1) is 9.24. The van der Waals surface area contributed by atoms with Crippen LogP contribution in [-0.4, -0.2) is 12.0 Å². The fraction of sp³-hybridized carbons (Fsp3) is 0.312. The molecule has 0 radical (unpaired) electrons. The van der Waals surface area contributed by atoms with Crippen molar-refractivity contribution in [3.8, 4) is 11.5 Å². The second-order valence-electron chi connectivity index (χ2n) is 4.49. The zero-order valence-electron chi connectivity index (χ0n) is 11.7. The predicted octanol–water partition coefficient (Wildman–Crippen LogP) is 3.72. The van der Waals surface area contributed by atoms with E-state index >= 15 is 0 Å². The minimum atomic E-state index is 0.247. The van der Waals surface area contributed by atoms with Crippen molar-refractivity contribution in [3.05, 3.63) is 53.9 Å². The van der Waals surface area contributed by atoms with Gasteiger partial charge in [0.1, 0.15) is 11.5 Å². The summed E-state index contributed by atoms with van der Waals surface area (Å²) < 4.78 is 5.89. The molecule has 2 rings (SSSR count). The van der Waals surface area contributed by atoms with E-state index in [-0.39, 0.29) is 6.04 Å². The van der Waals surface area contributed by atoms with Gasteiger partial charge in [-0.2, -0.15) is 0 Å². The number of nitrogens with zero attached hydrogens (tertiary/aromatic N) is 1. The fourth-order valence-electron chi connectivity index (χ4n) is 1.88. The molecule has 100 valence electrons. The predicted molar refractivity (Wildman–Crippen MR) is 77.6 cm³/mol. The Bertz CT molecular complexity index is 523. The molecule has 0 saturated carbocycles. The van der Waals surface area contributed by atoms with Crippen molar-refractivity contribution in [2.24, 2.45) is 0 Å². The summed E-state index contributed by atoms with van der Waals surface area (Å²) in [5, 5.41) is 3.17. The van der Waals surface area contributed by atoms with Gasteiger partial charge in [0.2, 0.25) is 0 Å². The molecular weight excluding hydrogens is 236 g/mol. The maximum absolute atomic E-state index is 5.89. The van der Waals surface area contributed by atoms with E-state index in [1.54, 1.807) is 6.20 Å². The zero-order chi connectivity index (χ0) is 13.7. The SMILES string of the molecule is CCc1ccccc1Oc1ccc(C(C)NC)nc1. The number of benzene rings is 1. The van der Waals surface area contributed by atoms with Gasteiger partial charge in [-0.1, -0.05) is 25.1 Å². The lowest BCUT2D eigenvalue weighted by molar-refractivity contribution is 0.473. The molecule has 1 unspecified atom stereocenters. The largest absolute Gasteiger partial charge is 0.455 e. The van der Waals surface area contributed by atoms with Crippen LogP contribution in [-0.2, 0) is 6.42 Å². The lowest BCUT2D eigenvalue weighted by Gasteiger charge is -2.12. The molecule has 1 heterocycles. The summed E-state index contributed by atoms with van der Waals surface area (Å²) in [5.74, 6) is 1.68. The number of nitrogens with one attached hydrogen (secondary N) is 1. The Morgan fingerprint density at radius 3 is 2.63 bits per heavy atom. The Hall–Kier alpha value is -1.87. The molecule has 1 aromatic heterocycles. The number of para-hydroxylation sites is 1. The van der Waals surface area contributed by atoms with Crippen molar-refractivity contribution < 1.29 is 4.74 Å². The maximum atomic E-state index is 5.89. The zero-order valence-corrected chi connectivity index (χ0v) is 11.7. The molecule has 1 N–H and O–H groups in total. The van der Waals surface area contributed by atoms with E-state index in [1.807, 2.05) is 37.4 Å².